The molecule has 4 atom stereocenters. The summed E-state index contributed by atoms with van der Waals surface area (Å²) >= 11 is 0. The fraction of sp³-hybridized carbons (Fsp3) is 0.400. The summed E-state index contributed by atoms with van der Waals surface area (Å²) in [6.45, 7) is 4.75. The highest BCUT2D eigenvalue weighted by molar-refractivity contribution is 5.97. The highest BCUT2D eigenvalue weighted by atomic mass is 16.5. The largest absolute Gasteiger partial charge is 0.507 e. The van der Waals surface area contributed by atoms with Gasteiger partial charge in [0.05, 0.1) is 12.6 Å². The number of benzene rings is 1. The smallest absolute Gasteiger partial charge is 0.342 e. The van der Waals surface area contributed by atoms with Gasteiger partial charge in [-0.15, -0.1) is 0 Å². The van der Waals surface area contributed by atoms with Crippen LogP contribution in [0.3, 0.4) is 0 Å². The van der Waals surface area contributed by atoms with Crippen LogP contribution in [0.4, 0.5) is 0 Å². The number of fused-ring (bicyclic) bond motifs is 1. The zero-order valence-electron chi connectivity index (χ0n) is 19.7. The van der Waals surface area contributed by atoms with Gasteiger partial charge in [-0.05, 0) is 31.1 Å². The van der Waals surface area contributed by atoms with Gasteiger partial charge in [0.15, 0.2) is 5.78 Å². The standard InChI is InChI=1S/C25H31N3O7/c1-15-6-7-20(30)24(32)19(29)5-3-4-17-12-18(13-21(31)23(17)25(33)35-16(15)2)34-11-10-26-14-22-27-8-9-28-22/h3-4,6-9,12-13,15-16,19,24,26,29,31-32H,5,10-11,14H2,1-2H3,(H,27,28)/b4-3+,7-6-/t15-,16+,19+,24?/m1/s1. The van der Waals surface area contributed by atoms with Crippen molar-refractivity contribution in [1.29, 1.82) is 0 Å². The first kappa shape index (κ1) is 26.1. The van der Waals surface area contributed by atoms with Gasteiger partial charge in [0.25, 0.3) is 0 Å². The zero-order valence-corrected chi connectivity index (χ0v) is 19.7. The fourth-order valence-electron chi connectivity index (χ4n) is 3.39. The van der Waals surface area contributed by atoms with Gasteiger partial charge in [0, 0.05) is 30.9 Å². The SMILES string of the molecule is C[C@@H]1/C=C\C(=O)C(O)[C@@H](O)C/C=C/c2cc(OCCNCc3ncc[nH]3)cc(O)c2C(=O)O[C@H]1C. The van der Waals surface area contributed by atoms with Crippen LogP contribution < -0.4 is 10.1 Å². The summed E-state index contributed by atoms with van der Waals surface area (Å²) in [6, 6.07) is 2.92. The molecule has 0 saturated carbocycles. The van der Waals surface area contributed by atoms with Crippen molar-refractivity contribution in [2.45, 2.75) is 45.1 Å². The maximum Gasteiger partial charge on any atom is 0.342 e. The van der Waals surface area contributed by atoms with Gasteiger partial charge in [-0.3, -0.25) is 4.79 Å². The number of aromatic nitrogens is 2. The minimum absolute atomic E-state index is 0.0456. The molecule has 2 aromatic rings. The number of aliphatic hydroxyl groups is 2. The van der Waals surface area contributed by atoms with Crippen molar-refractivity contribution in [2.24, 2.45) is 5.92 Å². The van der Waals surface area contributed by atoms with Crippen molar-refractivity contribution in [3.8, 4) is 11.5 Å². The molecular formula is C25H31N3O7. The van der Waals surface area contributed by atoms with Crippen molar-refractivity contribution in [3.63, 3.8) is 0 Å². The Morgan fingerprint density at radius 1 is 1.23 bits per heavy atom. The zero-order chi connectivity index (χ0) is 25.4. The number of nitrogens with zero attached hydrogens (tertiary/aromatic N) is 1. The molecule has 0 spiro atoms. The summed E-state index contributed by atoms with van der Waals surface area (Å²) in [4.78, 5) is 32.1. The second kappa shape index (κ2) is 12.3. The van der Waals surface area contributed by atoms with E-state index in [2.05, 4.69) is 15.3 Å². The number of cyclic esters (lactones) is 1. The number of aromatic hydroxyl groups is 1. The van der Waals surface area contributed by atoms with E-state index >= 15 is 0 Å². The van der Waals surface area contributed by atoms with Crippen LogP contribution in [0, 0.1) is 5.92 Å². The van der Waals surface area contributed by atoms with E-state index in [1.54, 1.807) is 32.3 Å². The van der Waals surface area contributed by atoms with Crippen LogP contribution in [0.1, 0.15) is 42.0 Å². The Labute approximate surface area is 203 Å². The molecule has 1 aliphatic heterocycles. The summed E-state index contributed by atoms with van der Waals surface area (Å²) in [5.41, 5.74) is 0.268. The van der Waals surface area contributed by atoms with Gasteiger partial charge >= 0.3 is 5.97 Å². The van der Waals surface area contributed by atoms with E-state index < -0.39 is 30.1 Å². The Balaban J connectivity index is 1.78. The van der Waals surface area contributed by atoms with Gasteiger partial charge < -0.3 is 35.1 Å². The van der Waals surface area contributed by atoms with Crippen LogP contribution in [0.25, 0.3) is 6.08 Å². The van der Waals surface area contributed by atoms with E-state index in [-0.39, 0.29) is 23.7 Å². The average Bonchev–Trinajstić information content (AvgIpc) is 3.34. The van der Waals surface area contributed by atoms with Gasteiger partial charge in [-0.2, -0.15) is 0 Å². The molecular weight excluding hydrogens is 454 g/mol. The number of esters is 1. The minimum Gasteiger partial charge on any atom is -0.507 e. The number of phenols is 1. The molecule has 0 bridgehead atoms. The molecule has 0 aliphatic carbocycles. The average molecular weight is 486 g/mol. The number of aromatic amines is 1. The van der Waals surface area contributed by atoms with E-state index in [9.17, 15) is 24.9 Å². The third kappa shape index (κ3) is 7.25. The van der Waals surface area contributed by atoms with E-state index in [0.717, 1.165) is 5.82 Å². The summed E-state index contributed by atoms with van der Waals surface area (Å²) < 4.78 is 11.2. The van der Waals surface area contributed by atoms with Crippen LogP contribution >= 0.6 is 0 Å². The predicted molar refractivity (Wildman–Crippen MR) is 128 cm³/mol. The Hall–Kier alpha value is -3.47. The molecule has 5 N–H and O–H groups in total. The molecule has 1 aliphatic rings. The molecule has 188 valence electrons. The number of ketones is 1. The normalized spacial score (nSPS) is 25.3. The predicted octanol–water partition coefficient (Wildman–Crippen LogP) is 1.73. The van der Waals surface area contributed by atoms with Crippen LogP contribution in [-0.4, -0.2) is 68.5 Å². The van der Waals surface area contributed by atoms with Gasteiger partial charge in [-0.1, -0.05) is 25.2 Å². The molecule has 35 heavy (non-hydrogen) atoms. The highest BCUT2D eigenvalue weighted by Gasteiger charge is 2.25. The topological polar surface area (TPSA) is 154 Å². The number of carbonyl (C=O) groups excluding carboxylic acids is 2. The lowest BCUT2D eigenvalue weighted by atomic mass is 9.99. The first-order chi connectivity index (χ1) is 16.8. The van der Waals surface area contributed by atoms with Crippen LogP contribution in [-0.2, 0) is 16.1 Å². The van der Waals surface area contributed by atoms with Crippen molar-refractivity contribution < 1.29 is 34.4 Å². The molecule has 10 heteroatoms. The lowest BCUT2D eigenvalue weighted by Gasteiger charge is -2.20. The van der Waals surface area contributed by atoms with E-state index in [0.29, 0.717) is 31.0 Å². The minimum atomic E-state index is -1.58. The van der Waals surface area contributed by atoms with Crippen LogP contribution in [0.15, 0.2) is 42.8 Å². The number of imidazole rings is 1. The monoisotopic (exact) mass is 485 g/mol. The number of nitrogens with one attached hydrogen (secondary N) is 2. The quantitative estimate of drug-likeness (QED) is 0.304. The summed E-state index contributed by atoms with van der Waals surface area (Å²) in [7, 11) is 0. The lowest BCUT2D eigenvalue weighted by Crippen LogP contribution is -2.32. The maximum atomic E-state index is 12.9. The summed E-state index contributed by atoms with van der Waals surface area (Å²) in [6.07, 6.45) is 5.51. The van der Waals surface area contributed by atoms with E-state index in [1.165, 1.54) is 30.4 Å². The first-order valence-corrected chi connectivity index (χ1v) is 11.4. The van der Waals surface area contributed by atoms with Gasteiger partial charge in [0.1, 0.15) is 41.7 Å². The molecule has 10 nitrogen and oxygen atoms in total. The van der Waals surface area contributed by atoms with E-state index in [4.69, 9.17) is 9.47 Å². The molecule has 1 aromatic carbocycles. The summed E-state index contributed by atoms with van der Waals surface area (Å²) in [5.74, 6) is -0.903. The molecule has 0 fully saturated rings. The van der Waals surface area contributed by atoms with Crippen molar-refractivity contribution in [3.05, 3.63) is 59.7 Å². The molecule has 3 rings (SSSR count). The molecule has 0 radical (unpaired) electrons. The number of hydrogen-bond acceptors (Lipinski definition) is 9. The molecule has 0 amide bonds. The summed E-state index contributed by atoms with van der Waals surface area (Å²) in [5, 5.41) is 34.1. The Morgan fingerprint density at radius 2 is 2.03 bits per heavy atom. The fourth-order valence-corrected chi connectivity index (χ4v) is 3.39. The van der Waals surface area contributed by atoms with Gasteiger partial charge in [0.2, 0.25) is 0 Å². The van der Waals surface area contributed by atoms with Crippen LogP contribution in [0.5, 0.6) is 11.5 Å². The third-order valence-electron chi connectivity index (χ3n) is 5.65. The third-order valence-corrected chi connectivity index (χ3v) is 5.65. The van der Waals surface area contributed by atoms with Gasteiger partial charge in [-0.25, -0.2) is 9.78 Å². The number of ether oxygens (including phenoxy) is 2. The second-order valence-electron chi connectivity index (χ2n) is 8.35. The lowest BCUT2D eigenvalue weighted by molar-refractivity contribution is -0.127. The Bertz CT molecular complexity index is 1070. The number of aliphatic hydroxyl groups excluding tert-OH is 2. The number of hydrogen-bond donors (Lipinski definition) is 5. The molecule has 1 aromatic heterocycles. The molecule has 0 saturated heterocycles. The highest BCUT2D eigenvalue weighted by Crippen LogP contribution is 2.31. The second-order valence-corrected chi connectivity index (χ2v) is 8.35. The molecule has 2 heterocycles. The number of H-pyrrole nitrogens is 1. The van der Waals surface area contributed by atoms with E-state index in [1.807, 2.05) is 0 Å². The number of phenolic OH excluding ortho intramolecular Hbond substituents is 1. The molecule has 1 unspecified atom stereocenters. The number of carbonyl (C=O) groups is 2. The Morgan fingerprint density at radius 3 is 2.77 bits per heavy atom. The number of rotatable bonds is 6. The van der Waals surface area contributed by atoms with Crippen molar-refractivity contribution in [2.75, 3.05) is 13.2 Å². The van der Waals surface area contributed by atoms with Crippen molar-refractivity contribution in [1.82, 2.24) is 15.3 Å². The first-order valence-electron chi connectivity index (χ1n) is 11.4. The Kier molecular flexibility index (Phi) is 9.18. The maximum absolute atomic E-state index is 12.9. The van der Waals surface area contributed by atoms with Crippen molar-refractivity contribution >= 4 is 17.8 Å². The van der Waals surface area contributed by atoms with Crippen LogP contribution in [0.2, 0.25) is 0 Å².